The number of hydrogen-bond acceptors (Lipinski definition) is 3. The normalized spacial score (nSPS) is 31.1. The second-order valence-corrected chi connectivity index (χ2v) is 4.91. The molecule has 0 aromatic heterocycles. The van der Waals surface area contributed by atoms with E-state index < -0.39 is 0 Å². The summed E-state index contributed by atoms with van der Waals surface area (Å²) in [7, 11) is 0. The van der Waals surface area contributed by atoms with Crippen LogP contribution in [0.2, 0.25) is 0 Å². The van der Waals surface area contributed by atoms with Gasteiger partial charge in [-0.3, -0.25) is 4.79 Å². The average Bonchev–Trinajstić information content (AvgIpc) is 2.74. The molecule has 2 saturated heterocycles. The molecular weight excluding hydrogens is 220 g/mol. The molecule has 2 aliphatic rings. The maximum atomic E-state index is 11.6. The summed E-state index contributed by atoms with van der Waals surface area (Å²) in [5.41, 5.74) is 0. The van der Waals surface area contributed by atoms with Gasteiger partial charge >= 0.3 is 0 Å². The lowest BCUT2D eigenvalue weighted by molar-refractivity contribution is -0.124. The topological polar surface area (TPSA) is 41.1 Å². The fourth-order valence-corrected chi connectivity index (χ4v) is 3.00. The van der Waals surface area contributed by atoms with E-state index in [-0.39, 0.29) is 24.2 Å². The molecule has 0 bridgehead atoms. The van der Waals surface area contributed by atoms with E-state index in [4.69, 9.17) is 0 Å². The van der Waals surface area contributed by atoms with Gasteiger partial charge in [-0.1, -0.05) is 0 Å². The lowest BCUT2D eigenvalue weighted by Gasteiger charge is -2.14. The molecule has 5 heteroatoms. The summed E-state index contributed by atoms with van der Waals surface area (Å²) >= 11 is 1.94. The zero-order valence-electron chi connectivity index (χ0n) is 8.12. The van der Waals surface area contributed by atoms with Crippen molar-refractivity contribution in [3.05, 3.63) is 0 Å². The Kier molecular flexibility index (Phi) is 5.06. The van der Waals surface area contributed by atoms with E-state index >= 15 is 0 Å². The minimum atomic E-state index is 0. The first kappa shape index (κ1) is 12.1. The Balaban J connectivity index is 0.000000980. The van der Waals surface area contributed by atoms with E-state index in [0.717, 1.165) is 31.7 Å². The van der Waals surface area contributed by atoms with Crippen molar-refractivity contribution < 1.29 is 4.79 Å². The second-order valence-electron chi connectivity index (χ2n) is 3.76. The molecule has 0 spiro atoms. The number of thioether (sulfide) groups is 1. The Morgan fingerprint density at radius 3 is 2.86 bits per heavy atom. The lowest BCUT2D eigenvalue weighted by atomic mass is 10.1. The number of amides is 1. The third kappa shape index (κ3) is 3.04. The standard InChI is InChI=1S/C9H16N2OS.ClH/c12-9(7-1-3-10-5-7)11-8-2-4-13-6-8;/h7-8,10H,1-6H2,(H,11,12);1H/t7-,8?;/m1./s1. The van der Waals surface area contributed by atoms with Gasteiger partial charge in [-0.15, -0.1) is 12.4 Å². The molecule has 0 aromatic carbocycles. The third-order valence-electron chi connectivity index (χ3n) is 2.71. The van der Waals surface area contributed by atoms with Crippen LogP contribution in [0.4, 0.5) is 0 Å². The molecule has 0 saturated carbocycles. The minimum absolute atomic E-state index is 0. The van der Waals surface area contributed by atoms with Crippen LogP contribution in [0.3, 0.4) is 0 Å². The number of rotatable bonds is 2. The summed E-state index contributed by atoms with van der Waals surface area (Å²) < 4.78 is 0. The first-order valence-corrected chi connectivity index (χ1v) is 6.10. The fourth-order valence-electron chi connectivity index (χ4n) is 1.85. The Labute approximate surface area is 95.2 Å². The third-order valence-corrected chi connectivity index (χ3v) is 3.87. The van der Waals surface area contributed by atoms with Crippen molar-refractivity contribution >= 4 is 30.1 Å². The smallest absolute Gasteiger partial charge is 0.224 e. The molecule has 0 radical (unpaired) electrons. The van der Waals surface area contributed by atoms with Gasteiger partial charge in [-0.2, -0.15) is 11.8 Å². The van der Waals surface area contributed by atoms with E-state index in [1.807, 2.05) is 11.8 Å². The Morgan fingerprint density at radius 1 is 1.43 bits per heavy atom. The van der Waals surface area contributed by atoms with Crippen molar-refractivity contribution in [1.29, 1.82) is 0 Å². The van der Waals surface area contributed by atoms with Crippen LogP contribution in [0, 0.1) is 5.92 Å². The largest absolute Gasteiger partial charge is 0.352 e. The van der Waals surface area contributed by atoms with E-state index in [2.05, 4.69) is 10.6 Å². The SMILES string of the molecule is Cl.O=C(NC1CCSC1)[C@@H]1CCNC1. The van der Waals surface area contributed by atoms with Crippen molar-refractivity contribution in [1.82, 2.24) is 10.6 Å². The van der Waals surface area contributed by atoms with Gasteiger partial charge in [-0.25, -0.2) is 0 Å². The summed E-state index contributed by atoms with van der Waals surface area (Å²) in [6, 6.07) is 0.443. The average molecular weight is 237 g/mol. The predicted molar refractivity (Wildman–Crippen MR) is 62.1 cm³/mol. The fraction of sp³-hybridized carbons (Fsp3) is 0.889. The van der Waals surface area contributed by atoms with Crippen LogP contribution in [0.25, 0.3) is 0 Å². The highest BCUT2D eigenvalue weighted by molar-refractivity contribution is 7.99. The second kappa shape index (κ2) is 5.83. The molecule has 2 N–H and O–H groups in total. The number of halogens is 1. The van der Waals surface area contributed by atoms with Gasteiger partial charge in [0.15, 0.2) is 0 Å². The molecular formula is C9H17ClN2OS. The van der Waals surface area contributed by atoms with Crippen molar-refractivity contribution in [3.63, 3.8) is 0 Å². The van der Waals surface area contributed by atoms with E-state index in [1.165, 1.54) is 5.75 Å². The molecule has 2 fully saturated rings. The molecule has 1 unspecified atom stereocenters. The highest BCUT2D eigenvalue weighted by Crippen LogP contribution is 2.18. The molecule has 2 atom stereocenters. The Bertz CT molecular complexity index is 191. The monoisotopic (exact) mass is 236 g/mol. The van der Waals surface area contributed by atoms with Gasteiger partial charge in [0.05, 0.1) is 5.92 Å². The van der Waals surface area contributed by atoms with Crippen molar-refractivity contribution in [2.45, 2.75) is 18.9 Å². The molecule has 2 heterocycles. The molecule has 82 valence electrons. The highest BCUT2D eigenvalue weighted by atomic mass is 35.5. The van der Waals surface area contributed by atoms with E-state index in [0.29, 0.717) is 6.04 Å². The van der Waals surface area contributed by atoms with Crippen LogP contribution in [0.15, 0.2) is 0 Å². The molecule has 0 aliphatic carbocycles. The minimum Gasteiger partial charge on any atom is -0.352 e. The molecule has 3 nitrogen and oxygen atoms in total. The summed E-state index contributed by atoms with van der Waals surface area (Å²) in [4.78, 5) is 11.6. The van der Waals surface area contributed by atoms with Gasteiger partial charge in [0, 0.05) is 18.3 Å². The molecule has 14 heavy (non-hydrogen) atoms. The number of nitrogens with one attached hydrogen (secondary N) is 2. The maximum Gasteiger partial charge on any atom is 0.224 e. The Hall–Kier alpha value is 0.0700. The molecule has 2 aliphatic heterocycles. The molecule has 0 aromatic rings. The maximum absolute atomic E-state index is 11.6. The number of hydrogen-bond donors (Lipinski definition) is 2. The zero-order chi connectivity index (χ0) is 9.10. The van der Waals surface area contributed by atoms with Crippen LogP contribution in [-0.4, -0.2) is 36.5 Å². The van der Waals surface area contributed by atoms with Gasteiger partial charge in [0.25, 0.3) is 0 Å². The first-order valence-electron chi connectivity index (χ1n) is 4.95. The van der Waals surface area contributed by atoms with Crippen molar-refractivity contribution in [3.8, 4) is 0 Å². The van der Waals surface area contributed by atoms with Crippen LogP contribution >= 0.6 is 24.2 Å². The zero-order valence-corrected chi connectivity index (χ0v) is 9.76. The first-order chi connectivity index (χ1) is 6.36. The molecule has 1 amide bonds. The van der Waals surface area contributed by atoms with E-state index in [1.54, 1.807) is 0 Å². The Morgan fingerprint density at radius 2 is 2.29 bits per heavy atom. The van der Waals surface area contributed by atoms with Gasteiger partial charge in [0.1, 0.15) is 0 Å². The predicted octanol–water partition coefficient (Wildman–Crippen LogP) is 0.639. The van der Waals surface area contributed by atoms with Crippen LogP contribution in [0.1, 0.15) is 12.8 Å². The molecule has 2 rings (SSSR count). The number of carbonyl (C=O) groups excluding carboxylic acids is 1. The van der Waals surface area contributed by atoms with Crippen LogP contribution in [0.5, 0.6) is 0 Å². The van der Waals surface area contributed by atoms with E-state index in [9.17, 15) is 4.79 Å². The quantitative estimate of drug-likeness (QED) is 0.740. The lowest BCUT2D eigenvalue weighted by Crippen LogP contribution is -2.39. The van der Waals surface area contributed by atoms with Gasteiger partial charge in [0.2, 0.25) is 5.91 Å². The van der Waals surface area contributed by atoms with Crippen molar-refractivity contribution in [2.75, 3.05) is 24.6 Å². The van der Waals surface area contributed by atoms with Crippen LogP contribution < -0.4 is 10.6 Å². The summed E-state index contributed by atoms with van der Waals surface area (Å²) in [6.07, 6.45) is 2.16. The summed E-state index contributed by atoms with van der Waals surface area (Å²) in [5, 5.41) is 6.33. The van der Waals surface area contributed by atoms with Crippen molar-refractivity contribution in [2.24, 2.45) is 5.92 Å². The number of carbonyl (C=O) groups is 1. The summed E-state index contributed by atoms with van der Waals surface area (Å²) in [6.45, 7) is 1.86. The highest BCUT2D eigenvalue weighted by Gasteiger charge is 2.25. The van der Waals surface area contributed by atoms with Crippen LogP contribution in [-0.2, 0) is 4.79 Å². The summed E-state index contributed by atoms with van der Waals surface area (Å²) in [5.74, 6) is 2.79. The van der Waals surface area contributed by atoms with Gasteiger partial charge < -0.3 is 10.6 Å². The van der Waals surface area contributed by atoms with Gasteiger partial charge in [-0.05, 0) is 25.1 Å².